The number of imide groups is 2. The van der Waals surface area contributed by atoms with Crippen LogP contribution in [0.15, 0.2) is 35.1 Å². The molecule has 1 atom stereocenters. The molecule has 2 N–H and O–H groups in total. The fraction of sp³-hybridized carbons (Fsp3) is 0.538. The Balaban J connectivity index is 0.810. The molecule has 3 aromatic rings. The van der Waals surface area contributed by atoms with Gasteiger partial charge in [-0.1, -0.05) is 6.07 Å². The highest BCUT2D eigenvalue weighted by Gasteiger charge is 2.46. The fourth-order valence-corrected chi connectivity index (χ4v) is 9.53. The van der Waals surface area contributed by atoms with Crippen LogP contribution in [0.4, 0.5) is 10.1 Å². The number of hydrogen-bond acceptors (Lipinski definition) is 11. The number of fused-ring (bicyclic) bond motifs is 2. The Labute approximate surface area is 316 Å². The molecule has 0 aliphatic carbocycles. The van der Waals surface area contributed by atoms with Gasteiger partial charge in [0.1, 0.15) is 28.8 Å². The summed E-state index contributed by atoms with van der Waals surface area (Å²) in [7, 11) is 0. The molecule has 15 heteroatoms. The maximum absolute atomic E-state index is 15.1. The third-order valence-corrected chi connectivity index (χ3v) is 12.9. The number of aromatic amines is 1. The molecule has 1 aromatic heterocycles. The van der Waals surface area contributed by atoms with Crippen molar-refractivity contribution >= 4 is 52.0 Å². The van der Waals surface area contributed by atoms with E-state index in [1.165, 1.54) is 6.07 Å². The predicted molar refractivity (Wildman–Crippen MR) is 200 cm³/mol. The molecule has 4 fully saturated rings. The van der Waals surface area contributed by atoms with Crippen LogP contribution in [0, 0.1) is 17.7 Å². The zero-order chi connectivity index (χ0) is 37.3. The Kier molecular flexibility index (Phi) is 10.7. The highest BCUT2D eigenvalue weighted by molar-refractivity contribution is 7.99. The fourth-order valence-electron chi connectivity index (χ4n) is 8.47. The molecule has 286 valence electrons. The number of carbonyl (C=O) groups excluding carboxylic acids is 4. The van der Waals surface area contributed by atoms with Gasteiger partial charge >= 0.3 is 0 Å². The van der Waals surface area contributed by atoms with Crippen LogP contribution in [0.3, 0.4) is 0 Å². The summed E-state index contributed by atoms with van der Waals surface area (Å²) >= 11 is 1.74. The number of amides is 4. The number of carbonyl (C=O) groups is 4. The van der Waals surface area contributed by atoms with Gasteiger partial charge in [0.25, 0.3) is 17.4 Å². The number of rotatable bonds is 10. The first-order valence-corrected chi connectivity index (χ1v) is 20.1. The van der Waals surface area contributed by atoms with Crippen molar-refractivity contribution in [3.8, 4) is 5.75 Å². The van der Waals surface area contributed by atoms with Crippen molar-refractivity contribution < 1.29 is 33.0 Å². The third kappa shape index (κ3) is 7.62. The number of piperidine rings is 3. The maximum atomic E-state index is 15.1. The number of hydrogen-bond donors (Lipinski definition) is 2. The highest BCUT2D eigenvalue weighted by Crippen LogP contribution is 2.36. The molecule has 2 aromatic carbocycles. The van der Waals surface area contributed by atoms with E-state index >= 15 is 4.39 Å². The molecule has 5 aliphatic heterocycles. The van der Waals surface area contributed by atoms with Gasteiger partial charge in [0, 0.05) is 56.7 Å². The maximum Gasteiger partial charge on any atom is 0.264 e. The topological polar surface area (TPSA) is 154 Å². The monoisotopic (exact) mass is 760 g/mol. The largest absolute Gasteiger partial charge is 0.493 e. The number of benzene rings is 2. The lowest BCUT2D eigenvalue weighted by Crippen LogP contribution is -2.54. The number of nitrogens with zero attached hydrogens (tertiary/aromatic N) is 4. The average Bonchev–Trinajstić information content (AvgIpc) is 3.43. The van der Waals surface area contributed by atoms with Gasteiger partial charge in [-0.25, -0.2) is 9.37 Å². The normalized spacial score (nSPS) is 22.3. The minimum absolute atomic E-state index is 0.0472. The van der Waals surface area contributed by atoms with Gasteiger partial charge in [0.2, 0.25) is 11.8 Å². The summed E-state index contributed by atoms with van der Waals surface area (Å²) in [6, 6.07) is 7.26. The molecule has 5 aliphatic rings. The van der Waals surface area contributed by atoms with Gasteiger partial charge in [-0.05, 0) is 82.0 Å². The minimum atomic E-state index is -0.986. The standard InChI is InChI=1S/C39H45FN6O7S/c40-28-18-25(19-29-35(28)37(49)42-32(41-29)22-54-26-10-16-52-17-11-26)53-21-24-6-12-44(13-7-24)20-23-8-14-45(15-9-23)30-3-1-2-27-34(30)39(51)46(38(27)50)31-4-5-33(47)43-36(31)48/h1-3,18-19,23-24,26,31H,4-17,20-22H2,(H,41,42,49)(H,43,47,48). The second-order valence-corrected chi connectivity index (χ2v) is 16.4. The molecular formula is C39H45FN6O7S. The van der Waals surface area contributed by atoms with Crippen molar-refractivity contribution in [3.05, 3.63) is 63.5 Å². The van der Waals surface area contributed by atoms with Crippen LogP contribution in [0.25, 0.3) is 10.9 Å². The number of aromatic nitrogens is 2. The molecular weight excluding hydrogens is 716 g/mol. The number of ether oxygens (including phenoxy) is 2. The summed E-state index contributed by atoms with van der Waals surface area (Å²) in [6.07, 6.45) is 5.99. The summed E-state index contributed by atoms with van der Waals surface area (Å²) < 4.78 is 26.6. The Morgan fingerprint density at radius 1 is 0.907 bits per heavy atom. The van der Waals surface area contributed by atoms with E-state index in [1.807, 2.05) is 6.07 Å². The average molecular weight is 761 g/mol. The van der Waals surface area contributed by atoms with E-state index in [4.69, 9.17) is 9.47 Å². The van der Waals surface area contributed by atoms with Gasteiger partial charge in [-0.15, -0.1) is 0 Å². The van der Waals surface area contributed by atoms with E-state index in [9.17, 15) is 24.0 Å². The quantitative estimate of drug-likeness (QED) is 0.290. The van der Waals surface area contributed by atoms with Crippen molar-refractivity contribution in [2.45, 2.75) is 68.4 Å². The lowest BCUT2D eigenvalue weighted by Gasteiger charge is -2.38. The van der Waals surface area contributed by atoms with Gasteiger partial charge in [-0.2, -0.15) is 11.8 Å². The van der Waals surface area contributed by atoms with Gasteiger partial charge in [-0.3, -0.25) is 34.2 Å². The van der Waals surface area contributed by atoms with E-state index in [2.05, 4.69) is 25.1 Å². The van der Waals surface area contributed by atoms with Crippen molar-refractivity contribution in [2.75, 3.05) is 57.4 Å². The lowest BCUT2D eigenvalue weighted by molar-refractivity contribution is -0.136. The molecule has 6 heterocycles. The van der Waals surface area contributed by atoms with Crippen LogP contribution in [0.5, 0.6) is 5.75 Å². The number of thioether (sulfide) groups is 1. The lowest BCUT2D eigenvalue weighted by atomic mass is 9.92. The van der Waals surface area contributed by atoms with E-state index in [0.717, 1.165) is 95.0 Å². The highest BCUT2D eigenvalue weighted by atomic mass is 32.2. The minimum Gasteiger partial charge on any atom is -0.493 e. The molecule has 4 saturated heterocycles. The first-order chi connectivity index (χ1) is 26.2. The van der Waals surface area contributed by atoms with E-state index in [1.54, 1.807) is 30.0 Å². The number of H-pyrrole nitrogens is 1. The molecule has 0 spiro atoms. The van der Waals surface area contributed by atoms with Crippen molar-refractivity contribution in [1.82, 2.24) is 25.1 Å². The van der Waals surface area contributed by atoms with Crippen LogP contribution in [0.2, 0.25) is 0 Å². The summed E-state index contributed by atoms with van der Waals surface area (Å²) in [4.78, 5) is 76.9. The zero-order valence-corrected chi connectivity index (χ0v) is 31.0. The molecule has 0 bridgehead atoms. The van der Waals surface area contributed by atoms with Crippen molar-refractivity contribution in [1.29, 1.82) is 0 Å². The molecule has 0 saturated carbocycles. The molecule has 8 rings (SSSR count). The molecule has 4 amide bonds. The summed E-state index contributed by atoms with van der Waals surface area (Å²) in [5.74, 6) is -0.303. The van der Waals surface area contributed by atoms with Crippen molar-refractivity contribution in [2.24, 2.45) is 11.8 Å². The SMILES string of the molecule is O=C1CCC(N2C(=O)c3cccc(N4CCC(CN5CCC(COc6cc(F)c7c(=O)[nH]c(CSC8CCOCC8)nc7c6)CC5)CC4)c3C2=O)C(=O)N1. The Bertz CT molecular complexity index is 2000. The first-order valence-electron chi connectivity index (χ1n) is 19.1. The third-order valence-electron chi connectivity index (χ3n) is 11.5. The van der Waals surface area contributed by atoms with E-state index < -0.39 is 41.0 Å². The predicted octanol–water partition coefficient (Wildman–Crippen LogP) is 3.88. The van der Waals surface area contributed by atoms with Crippen LogP contribution in [0.1, 0.15) is 77.9 Å². The molecule has 54 heavy (non-hydrogen) atoms. The summed E-state index contributed by atoms with van der Waals surface area (Å²) in [5.41, 5.74) is 1.20. The van der Waals surface area contributed by atoms with Crippen LogP contribution in [-0.4, -0.2) is 107 Å². The molecule has 0 radical (unpaired) electrons. The summed E-state index contributed by atoms with van der Waals surface area (Å²) in [5, 5.41) is 2.66. The second-order valence-electron chi connectivity index (χ2n) is 15.1. The first kappa shape index (κ1) is 36.6. The Morgan fingerprint density at radius 2 is 1.67 bits per heavy atom. The Hall–Kier alpha value is -4.34. The smallest absolute Gasteiger partial charge is 0.264 e. The van der Waals surface area contributed by atoms with Gasteiger partial charge in [0.15, 0.2) is 0 Å². The zero-order valence-electron chi connectivity index (χ0n) is 30.1. The number of halogens is 1. The van der Waals surface area contributed by atoms with Crippen LogP contribution in [-0.2, 0) is 20.1 Å². The van der Waals surface area contributed by atoms with Crippen molar-refractivity contribution in [3.63, 3.8) is 0 Å². The Morgan fingerprint density at radius 3 is 2.43 bits per heavy atom. The number of anilines is 1. The number of nitrogens with one attached hydrogen (secondary N) is 2. The second kappa shape index (κ2) is 15.8. The van der Waals surface area contributed by atoms with Gasteiger partial charge in [0.05, 0.1) is 34.7 Å². The molecule has 13 nitrogen and oxygen atoms in total. The summed E-state index contributed by atoms with van der Waals surface area (Å²) in [6.45, 7) is 6.35. The van der Waals surface area contributed by atoms with Crippen LogP contribution < -0.4 is 20.5 Å². The van der Waals surface area contributed by atoms with Crippen LogP contribution >= 0.6 is 11.8 Å². The molecule has 1 unspecified atom stereocenters. The number of likely N-dealkylation sites (tertiary alicyclic amines) is 1. The van der Waals surface area contributed by atoms with E-state index in [0.29, 0.717) is 57.7 Å². The van der Waals surface area contributed by atoms with Gasteiger partial charge < -0.3 is 24.3 Å². The van der Waals surface area contributed by atoms with E-state index in [-0.39, 0.29) is 18.2 Å².